The zero-order valence-corrected chi connectivity index (χ0v) is 13.3. The number of anilines is 2. The van der Waals surface area contributed by atoms with Crippen molar-refractivity contribution in [1.29, 1.82) is 0 Å². The highest BCUT2D eigenvalue weighted by Gasteiger charge is 2.10. The van der Waals surface area contributed by atoms with Gasteiger partial charge in [-0.3, -0.25) is 21.0 Å². The zero-order valence-electron chi connectivity index (χ0n) is 11.0. The van der Waals surface area contributed by atoms with E-state index in [1.54, 1.807) is 18.2 Å². The normalized spacial score (nSPS) is 9.91. The maximum absolute atomic E-state index is 10.8. The molecule has 0 saturated heterocycles. The number of hydrogen-bond donors (Lipinski definition) is 3. The summed E-state index contributed by atoms with van der Waals surface area (Å²) in [5.74, 6) is 0. The molecule has 0 aliphatic carbocycles. The molecule has 0 amide bonds. The van der Waals surface area contributed by atoms with Gasteiger partial charge in [0.1, 0.15) is 0 Å². The van der Waals surface area contributed by atoms with Gasteiger partial charge >= 0.3 is 0 Å². The van der Waals surface area contributed by atoms with Crippen molar-refractivity contribution in [2.75, 3.05) is 10.7 Å². The first-order valence-electron chi connectivity index (χ1n) is 5.99. The van der Waals surface area contributed by atoms with Gasteiger partial charge in [-0.25, -0.2) is 0 Å². The van der Waals surface area contributed by atoms with E-state index in [1.165, 1.54) is 18.2 Å². The Morgan fingerprint density at radius 2 is 1.77 bits per heavy atom. The Morgan fingerprint density at radius 1 is 1.09 bits per heavy atom. The quantitative estimate of drug-likeness (QED) is 0.432. The molecule has 0 bridgehead atoms. The molecule has 0 aliphatic rings. The highest BCUT2D eigenvalue weighted by molar-refractivity contribution is 7.80. The fourth-order valence-electron chi connectivity index (χ4n) is 1.56. The summed E-state index contributed by atoms with van der Waals surface area (Å²) in [5.41, 5.74) is 6.43. The topological polar surface area (TPSA) is 79.2 Å². The first-order chi connectivity index (χ1) is 10.5. The number of non-ortho nitro benzene ring substituents is 1. The fourth-order valence-corrected chi connectivity index (χ4v) is 2.07. The van der Waals surface area contributed by atoms with Gasteiger partial charge in [0.15, 0.2) is 5.11 Å². The third kappa shape index (κ3) is 4.20. The molecular formula is C13H10Cl2N4O2S. The highest BCUT2D eigenvalue weighted by Crippen LogP contribution is 2.26. The van der Waals surface area contributed by atoms with Crippen LogP contribution in [0.15, 0.2) is 42.5 Å². The summed E-state index contributed by atoms with van der Waals surface area (Å²) in [5, 5.41) is 14.5. The Labute approximate surface area is 141 Å². The monoisotopic (exact) mass is 356 g/mol. The van der Waals surface area contributed by atoms with E-state index in [9.17, 15) is 10.1 Å². The van der Waals surface area contributed by atoms with Crippen LogP contribution in [0.5, 0.6) is 0 Å². The lowest BCUT2D eigenvalue weighted by Crippen LogP contribution is -2.33. The molecule has 0 spiro atoms. The highest BCUT2D eigenvalue weighted by atomic mass is 35.5. The van der Waals surface area contributed by atoms with Gasteiger partial charge in [0.05, 0.1) is 26.3 Å². The van der Waals surface area contributed by atoms with E-state index in [2.05, 4.69) is 16.2 Å². The molecule has 0 atom stereocenters. The summed E-state index contributed by atoms with van der Waals surface area (Å²) in [6.45, 7) is 0. The second-order valence-corrected chi connectivity index (χ2v) is 5.33. The molecule has 6 nitrogen and oxygen atoms in total. The molecule has 0 fully saturated rings. The minimum Gasteiger partial charge on any atom is -0.330 e. The third-order valence-electron chi connectivity index (χ3n) is 2.59. The van der Waals surface area contributed by atoms with Crippen molar-refractivity contribution in [2.45, 2.75) is 0 Å². The third-order valence-corrected chi connectivity index (χ3v) is 3.46. The van der Waals surface area contributed by atoms with Crippen molar-refractivity contribution >= 4 is 57.6 Å². The Kier molecular flexibility index (Phi) is 5.37. The van der Waals surface area contributed by atoms with Gasteiger partial charge in [0.25, 0.3) is 5.69 Å². The van der Waals surface area contributed by atoms with Gasteiger partial charge in [-0.1, -0.05) is 35.3 Å². The molecule has 3 N–H and O–H groups in total. The number of benzene rings is 2. The molecule has 2 aromatic rings. The van der Waals surface area contributed by atoms with Gasteiger partial charge in [-0.2, -0.15) is 0 Å². The van der Waals surface area contributed by atoms with Gasteiger partial charge in [-0.15, -0.1) is 0 Å². The van der Waals surface area contributed by atoms with Crippen LogP contribution in [0.25, 0.3) is 0 Å². The first kappa shape index (κ1) is 16.3. The summed E-state index contributed by atoms with van der Waals surface area (Å²) in [7, 11) is 0. The average Bonchev–Trinajstić information content (AvgIpc) is 2.48. The number of hydrogen-bond acceptors (Lipinski definition) is 4. The second kappa shape index (κ2) is 7.26. The zero-order chi connectivity index (χ0) is 16.1. The molecule has 2 rings (SSSR count). The number of halogens is 2. The minimum atomic E-state index is -0.514. The van der Waals surface area contributed by atoms with Gasteiger partial charge in [0.2, 0.25) is 0 Å². The van der Waals surface area contributed by atoms with Crippen molar-refractivity contribution in [2.24, 2.45) is 0 Å². The number of rotatable bonds is 4. The maximum Gasteiger partial charge on any atom is 0.271 e. The first-order valence-corrected chi connectivity index (χ1v) is 7.15. The summed E-state index contributed by atoms with van der Waals surface area (Å²) >= 11 is 17.1. The van der Waals surface area contributed by atoms with E-state index in [0.717, 1.165) is 0 Å². The average molecular weight is 357 g/mol. The summed E-state index contributed by atoms with van der Waals surface area (Å²) in [6.07, 6.45) is 0. The number of nitrogens with one attached hydrogen (secondary N) is 3. The van der Waals surface area contributed by atoms with E-state index in [-0.39, 0.29) is 10.8 Å². The maximum atomic E-state index is 10.8. The molecule has 0 heterocycles. The van der Waals surface area contributed by atoms with Crippen LogP contribution in [0, 0.1) is 10.1 Å². The Hall–Kier alpha value is -2.09. The lowest BCUT2D eigenvalue weighted by Gasteiger charge is -2.14. The largest absolute Gasteiger partial charge is 0.330 e. The molecule has 0 saturated carbocycles. The SMILES string of the molecule is O=[N+]([O-])c1ccc(Cl)c(NC(=S)NNc2ccccc2Cl)c1. The summed E-state index contributed by atoms with van der Waals surface area (Å²) < 4.78 is 0. The van der Waals surface area contributed by atoms with E-state index in [4.69, 9.17) is 35.4 Å². The number of nitro benzene ring substituents is 1. The van der Waals surface area contributed by atoms with Crippen molar-refractivity contribution in [1.82, 2.24) is 5.43 Å². The van der Waals surface area contributed by atoms with Crippen LogP contribution in [0.4, 0.5) is 17.1 Å². The van der Waals surface area contributed by atoms with Gasteiger partial charge in [0, 0.05) is 12.1 Å². The number of hydrazine groups is 1. The van der Waals surface area contributed by atoms with Crippen LogP contribution in [0.3, 0.4) is 0 Å². The van der Waals surface area contributed by atoms with Crippen molar-refractivity contribution in [3.63, 3.8) is 0 Å². The molecule has 2 aromatic carbocycles. The number of nitrogens with zero attached hydrogens (tertiary/aromatic N) is 1. The summed E-state index contributed by atoms with van der Waals surface area (Å²) in [6, 6.07) is 11.1. The molecule has 0 aromatic heterocycles. The molecular weight excluding hydrogens is 347 g/mol. The van der Waals surface area contributed by atoms with Gasteiger partial charge in [-0.05, 0) is 30.4 Å². The van der Waals surface area contributed by atoms with Crippen LogP contribution >= 0.6 is 35.4 Å². The molecule has 114 valence electrons. The number of thiocarbonyl (C=S) groups is 1. The molecule has 0 radical (unpaired) electrons. The number of nitro groups is 1. The predicted octanol–water partition coefficient (Wildman–Crippen LogP) is 4.22. The lowest BCUT2D eigenvalue weighted by atomic mass is 10.3. The fraction of sp³-hybridized carbons (Fsp3) is 0. The van der Waals surface area contributed by atoms with E-state index < -0.39 is 4.92 Å². The van der Waals surface area contributed by atoms with Crippen molar-refractivity contribution in [3.05, 3.63) is 62.6 Å². The van der Waals surface area contributed by atoms with E-state index in [1.807, 2.05) is 6.07 Å². The van der Waals surface area contributed by atoms with Gasteiger partial charge < -0.3 is 5.32 Å². The van der Waals surface area contributed by atoms with Crippen LogP contribution in [0.2, 0.25) is 10.0 Å². The Morgan fingerprint density at radius 3 is 2.45 bits per heavy atom. The number of para-hydroxylation sites is 1. The molecule has 0 aliphatic heterocycles. The Bertz CT molecular complexity index is 727. The molecule has 0 unspecified atom stereocenters. The molecule has 22 heavy (non-hydrogen) atoms. The molecule has 9 heteroatoms. The van der Waals surface area contributed by atoms with Crippen LogP contribution in [0.1, 0.15) is 0 Å². The van der Waals surface area contributed by atoms with E-state index in [0.29, 0.717) is 21.4 Å². The van der Waals surface area contributed by atoms with Crippen molar-refractivity contribution < 1.29 is 4.92 Å². The van der Waals surface area contributed by atoms with Crippen LogP contribution in [-0.2, 0) is 0 Å². The van der Waals surface area contributed by atoms with Crippen LogP contribution < -0.4 is 16.2 Å². The Balaban J connectivity index is 2.02. The predicted molar refractivity (Wildman–Crippen MR) is 92.5 cm³/mol. The minimum absolute atomic E-state index is 0.0891. The smallest absolute Gasteiger partial charge is 0.271 e. The standard InChI is InChI=1S/C13H10Cl2N4O2S/c14-9-3-1-2-4-11(9)17-18-13(22)16-12-7-8(19(20)21)5-6-10(12)15/h1-7,17H,(H2,16,18,22). The second-order valence-electron chi connectivity index (χ2n) is 4.11. The van der Waals surface area contributed by atoms with Crippen LogP contribution in [-0.4, -0.2) is 10.0 Å². The summed E-state index contributed by atoms with van der Waals surface area (Å²) in [4.78, 5) is 10.2. The van der Waals surface area contributed by atoms with Crippen molar-refractivity contribution in [3.8, 4) is 0 Å². The van der Waals surface area contributed by atoms with E-state index >= 15 is 0 Å². The lowest BCUT2D eigenvalue weighted by molar-refractivity contribution is -0.384.